The number of nitrogens with zero attached hydrogens (tertiary/aromatic N) is 3. The third-order valence-electron chi connectivity index (χ3n) is 2.38. The molecular formula is C10H18N4O2. The number of carbonyl (C=O) groups excluding carboxylic acids is 1. The molecule has 0 aromatic carbocycles. The molecule has 1 heterocycles. The number of amides is 1. The highest BCUT2D eigenvalue weighted by molar-refractivity contribution is 5.79. The third-order valence-corrected chi connectivity index (χ3v) is 2.38. The van der Waals surface area contributed by atoms with Gasteiger partial charge in [0.15, 0.2) is 0 Å². The van der Waals surface area contributed by atoms with Crippen LogP contribution in [0.15, 0.2) is 12.7 Å². The SMILES string of the molecule is CC(C(=O)NCC(C)(C)CO)n1cncn1. The first-order valence-electron chi connectivity index (χ1n) is 5.19. The van der Waals surface area contributed by atoms with Crippen molar-refractivity contribution in [3.05, 3.63) is 12.7 Å². The van der Waals surface area contributed by atoms with E-state index in [4.69, 9.17) is 5.11 Å². The number of nitrogens with one attached hydrogen (secondary N) is 1. The van der Waals surface area contributed by atoms with Crippen LogP contribution in [0.25, 0.3) is 0 Å². The van der Waals surface area contributed by atoms with Crippen molar-refractivity contribution in [3.8, 4) is 0 Å². The van der Waals surface area contributed by atoms with E-state index in [1.807, 2.05) is 13.8 Å². The Bertz CT molecular complexity index is 335. The van der Waals surface area contributed by atoms with Gasteiger partial charge in [0.05, 0.1) is 0 Å². The second-order valence-corrected chi connectivity index (χ2v) is 4.59. The minimum Gasteiger partial charge on any atom is -0.396 e. The Kier molecular flexibility index (Phi) is 4.00. The highest BCUT2D eigenvalue weighted by Gasteiger charge is 2.20. The largest absolute Gasteiger partial charge is 0.396 e. The molecule has 0 radical (unpaired) electrons. The average Bonchev–Trinajstić information content (AvgIpc) is 2.78. The fourth-order valence-corrected chi connectivity index (χ4v) is 1.07. The zero-order valence-corrected chi connectivity index (χ0v) is 9.84. The summed E-state index contributed by atoms with van der Waals surface area (Å²) in [6, 6.07) is -0.392. The van der Waals surface area contributed by atoms with Crippen molar-refractivity contribution in [2.45, 2.75) is 26.8 Å². The summed E-state index contributed by atoms with van der Waals surface area (Å²) in [6.45, 7) is 5.98. The van der Waals surface area contributed by atoms with Crippen LogP contribution < -0.4 is 5.32 Å². The first-order chi connectivity index (χ1) is 7.46. The second kappa shape index (κ2) is 5.07. The fourth-order valence-electron chi connectivity index (χ4n) is 1.07. The molecule has 0 saturated heterocycles. The van der Waals surface area contributed by atoms with Crippen molar-refractivity contribution in [2.75, 3.05) is 13.2 Å². The van der Waals surface area contributed by atoms with Gasteiger partial charge in [-0.15, -0.1) is 0 Å². The summed E-state index contributed by atoms with van der Waals surface area (Å²) in [5.74, 6) is -0.132. The van der Waals surface area contributed by atoms with Gasteiger partial charge < -0.3 is 10.4 Å². The maximum Gasteiger partial charge on any atom is 0.244 e. The molecule has 1 rings (SSSR count). The standard InChI is InChI=1S/C10H18N4O2/c1-8(14-7-11-6-13-14)9(16)12-4-10(2,3)5-15/h6-8,15H,4-5H2,1-3H3,(H,12,16). The van der Waals surface area contributed by atoms with Gasteiger partial charge in [0.2, 0.25) is 5.91 Å². The molecule has 1 aromatic heterocycles. The normalized spacial score (nSPS) is 13.5. The van der Waals surface area contributed by atoms with Crippen LogP contribution in [0.4, 0.5) is 0 Å². The molecule has 0 saturated carbocycles. The van der Waals surface area contributed by atoms with E-state index in [1.54, 1.807) is 6.92 Å². The number of aliphatic hydroxyl groups is 1. The molecule has 0 fully saturated rings. The Morgan fingerprint density at radius 1 is 1.62 bits per heavy atom. The summed E-state index contributed by atoms with van der Waals surface area (Å²) >= 11 is 0. The summed E-state index contributed by atoms with van der Waals surface area (Å²) in [5.41, 5.74) is -0.308. The van der Waals surface area contributed by atoms with Crippen LogP contribution in [0.5, 0.6) is 0 Å². The van der Waals surface area contributed by atoms with E-state index in [1.165, 1.54) is 17.3 Å². The summed E-state index contributed by atoms with van der Waals surface area (Å²) in [4.78, 5) is 15.5. The van der Waals surface area contributed by atoms with E-state index in [9.17, 15) is 4.79 Å². The fraction of sp³-hybridized carbons (Fsp3) is 0.700. The van der Waals surface area contributed by atoms with Gasteiger partial charge in [-0.25, -0.2) is 9.67 Å². The van der Waals surface area contributed by atoms with Crippen LogP contribution in [0, 0.1) is 5.41 Å². The molecule has 1 unspecified atom stereocenters. The maximum atomic E-state index is 11.7. The molecule has 0 aliphatic heterocycles. The van der Waals surface area contributed by atoms with Crippen LogP contribution >= 0.6 is 0 Å². The highest BCUT2D eigenvalue weighted by atomic mass is 16.3. The summed E-state index contributed by atoms with van der Waals surface area (Å²) in [7, 11) is 0. The maximum absolute atomic E-state index is 11.7. The minimum atomic E-state index is -0.392. The van der Waals surface area contributed by atoms with E-state index >= 15 is 0 Å². The van der Waals surface area contributed by atoms with Crippen LogP contribution in [0.1, 0.15) is 26.8 Å². The van der Waals surface area contributed by atoms with E-state index in [0.29, 0.717) is 6.54 Å². The third kappa shape index (κ3) is 3.30. The van der Waals surface area contributed by atoms with Crippen molar-refractivity contribution >= 4 is 5.91 Å². The molecule has 0 aliphatic carbocycles. The van der Waals surface area contributed by atoms with Crippen molar-refractivity contribution < 1.29 is 9.90 Å². The zero-order valence-electron chi connectivity index (χ0n) is 9.84. The Morgan fingerprint density at radius 2 is 2.31 bits per heavy atom. The van der Waals surface area contributed by atoms with Crippen LogP contribution in [0.3, 0.4) is 0 Å². The number of aliphatic hydroxyl groups excluding tert-OH is 1. The highest BCUT2D eigenvalue weighted by Crippen LogP contribution is 2.12. The summed E-state index contributed by atoms with van der Waals surface area (Å²) in [6.07, 6.45) is 2.89. The van der Waals surface area contributed by atoms with Crippen molar-refractivity contribution in [1.82, 2.24) is 20.1 Å². The first-order valence-corrected chi connectivity index (χ1v) is 5.19. The summed E-state index contributed by atoms with van der Waals surface area (Å²) < 4.78 is 1.49. The van der Waals surface area contributed by atoms with Crippen molar-refractivity contribution in [3.63, 3.8) is 0 Å². The van der Waals surface area contributed by atoms with E-state index in [-0.39, 0.29) is 17.9 Å². The van der Waals surface area contributed by atoms with Crippen LogP contribution in [-0.4, -0.2) is 38.9 Å². The molecule has 0 spiro atoms. The lowest BCUT2D eigenvalue weighted by molar-refractivity contribution is -0.124. The minimum absolute atomic E-state index is 0.0327. The van der Waals surface area contributed by atoms with Crippen LogP contribution in [-0.2, 0) is 4.79 Å². The molecule has 1 atom stereocenters. The van der Waals surface area contributed by atoms with Gasteiger partial charge >= 0.3 is 0 Å². The average molecular weight is 226 g/mol. The Labute approximate surface area is 94.7 Å². The van der Waals surface area contributed by atoms with Gasteiger partial charge in [-0.1, -0.05) is 13.8 Å². The van der Waals surface area contributed by atoms with E-state index in [0.717, 1.165) is 0 Å². The van der Waals surface area contributed by atoms with E-state index in [2.05, 4.69) is 15.4 Å². The van der Waals surface area contributed by atoms with Gasteiger partial charge in [-0.2, -0.15) is 5.10 Å². The molecule has 90 valence electrons. The lowest BCUT2D eigenvalue weighted by Crippen LogP contribution is -2.39. The first kappa shape index (κ1) is 12.6. The molecule has 0 bridgehead atoms. The monoisotopic (exact) mass is 226 g/mol. The zero-order chi connectivity index (χ0) is 12.2. The topological polar surface area (TPSA) is 80.0 Å². The number of aromatic nitrogens is 3. The lowest BCUT2D eigenvalue weighted by Gasteiger charge is -2.23. The Balaban J connectivity index is 2.47. The molecule has 2 N–H and O–H groups in total. The van der Waals surface area contributed by atoms with Gasteiger partial charge in [-0.3, -0.25) is 4.79 Å². The molecular weight excluding hydrogens is 208 g/mol. The number of rotatable bonds is 5. The number of hydrogen-bond acceptors (Lipinski definition) is 4. The van der Waals surface area contributed by atoms with Gasteiger partial charge in [0.1, 0.15) is 18.7 Å². The smallest absolute Gasteiger partial charge is 0.244 e. The predicted molar refractivity (Wildman–Crippen MR) is 58.6 cm³/mol. The summed E-state index contributed by atoms with van der Waals surface area (Å²) in [5, 5.41) is 15.7. The van der Waals surface area contributed by atoms with Crippen molar-refractivity contribution in [1.29, 1.82) is 0 Å². The quantitative estimate of drug-likeness (QED) is 0.739. The molecule has 16 heavy (non-hydrogen) atoms. The van der Waals surface area contributed by atoms with Crippen LogP contribution in [0.2, 0.25) is 0 Å². The number of carbonyl (C=O) groups is 1. The van der Waals surface area contributed by atoms with Gasteiger partial charge in [0.25, 0.3) is 0 Å². The van der Waals surface area contributed by atoms with Crippen molar-refractivity contribution in [2.24, 2.45) is 5.41 Å². The Morgan fingerprint density at radius 3 is 2.81 bits per heavy atom. The Hall–Kier alpha value is -1.43. The predicted octanol–water partition coefficient (Wildman–Crippen LogP) is -0.0262. The molecule has 6 nitrogen and oxygen atoms in total. The molecule has 0 aliphatic rings. The number of hydrogen-bond donors (Lipinski definition) is 2. The van der Waals surface area contributed by atoms with Gasteiger partial charge in [0, 0.05) is 18.6 Å². The van der Waals surface area contributed by atoms with E-state index < -0.39 is 6.04 Å². The molecule has 6 heteroatoms. The lowest BCUT2D eigenvalue weighted by atomic mass is 9.95. The molecule has 1 aromatic rings. The molecule has 1 amide bonds. The van der Waals surface area contributed by atoms with Gasteiger partial charge in [-0.05, 0) is 6.92 Å². The second-order valence-electron chi connectivity index (χ2n) is 4.59.